The van der Waals surface area contributed by atoms with Crippen LogP contribution in [0.3, 0.4) is 0 Å². The Morgan fingerprint density at radius 1 is 1.13 bits per heavy atom. The van der Waals surface area contributed by atoms with Gasteiger partial charge < -0.3 is 14.6 Å². The van der Waals surface area contributed by atoms with Gasteiger partial charge in [0.05, 0.1) is 12.4 Å². The Labute approximate surface area is 227 Å². The van der Waals surface area contributed by atoms with Crippen LogP contribution in [0.5, 0.6) is 11.6 Å². The van der Waals surface area contributed by atoms with Crippen molar-refractivity contribution in [3.63, 3.8) is 0 Å². The molecule has 0 bridgehead atoms. The molecule has 204 valence electrons. The number of hydrogen-bond donors (Lipinski definition) is 1. The third-order valence-corrected chi connectivity index (χ3v) is 8.28. The second-order valence-electron chi connectivity index (χ2n) is 10.1. The van der Waals surface area contributed by atoms with Gasteiger partial charge in [-0.3, -0.25) is 0 Å². The van der Waals surface area contributed by atoms with Crippen molar-refractivity contribution in [3.8, 4) is 22.8 Å². The van der Waals surface area contributed by atoms with E-state index in [9.17, 15) is 22.7 Å². The van der Waals surface area contributed by atoms with Crippen LogP contribution < -0.4 is 9.47 Å². The smallest absolute Gasteiger partial charge is 0.332 e. The lowest BCUT2D eigenvalue weighted by Crippen LogP contribution is -2.08. The van der Waals surface area contributed by atoms with Crippen molar-refractivity contribution < 1.29 is 32.2 Å². The minimum Gasteiger partial charge on any atom is -0.489 e. The van der Waals surface area contributed by atoms with Gasteiger partial charge in [-0.2, -0.15) is 0 Å². The molecule has 1 aromatic heterocycles. The average Bonchev–Trinajstić information content (AvgIpc) is 3.48. The number of rotatable bonds is 11. The molecule has 0 amide bonds. The maximum atomic E-state index is 14.8. The van der Waals surface area contributed by atoms with Crippen LogP contribution in [0.2, 0.25) is 0 Å². The third kappa shape index (κ3) is 5.68. The molecule has 0 saturated carbocycles. The summed E-state index contributed by atoms with van der Waals surface area (Å²) >= 11 is 0. The number of ether oxygens (including phenoxy) is 2. The predicted octanol–water partition coefficient (Wildman–Crippen LogP) is 5.18. The van der Waals surface area contributed by atoms with Crippen LogP contribution in [-0.2, 0) is 34.1 Å². The zero-order valence-corrected chi connectivity index (χ0v) is 22.9. The summed E-state index contributed by atoms with van der Waals surface area (Å²) in [6.45, 7) is 4.22. The SMILES string of the molecule is CCc1cc2c(cc1OCc1cc(-c3cnc(OCCCS(C)(=O)=O)cc3C)ccc1F)CC1C(C(=O)O)=C21. The summed E-state index contributed by atoms with van der Waals surface area (Å²) in [7, 11) is -3.03. The van der Waals surface area contributed by atoms with E-state index in [4.69, 9.17) is 9.47 Å². The van der Waals surface area contributed by atoms with Gasteiger partial charge in [-0.15, -0.1) is 0 Å². The molecule has 5 rings (SSSR count). The van der Waals surface area contributed by atoms with E-state index < -0.39 is 15.8 Å². The highest BCUT2D eigenvalue weighted by Gasteiger charge is 2.47. The fraction of sp³-hybridized carbons (Fsp3) is 0.333. The minimum absolute atomic E-state index is 0.00713. The second kappa shape index (κ2) is 10.4. The number of aromatic nitrogens is 1. The summed E-state index contributed by atoms with van der Waals surface area (Å²) in [5.74, 6) is -0.0517. The molecule has 39 heavy (non-hydrogen) atoms. The van der Waals surface area contributed by atoms with Gasteiger partial charge in [-0.25, -0.2) is 22.6 Å². The van der Waals surface area contributed by atoms with Gasteiger partial charge in [0.2, 0.25) is 5.88 Å². The number of nitrogens with zero attached hydrogens (tertiary/aromatic N) is 1. The largest absolute Gasteiger partial charge is 0.489 e. The monoisotopic (exact) mass is 551 g/mol. The maximum absolute atomic E-state index is 14.8. The van der Waals surface area contributed by atoms with Crippen LogP contribution in [-0.4, -0.2) is 43.1 Å². The molecule has 1 N–H and O–H groups in total. The standard InChI is InChI=1S/C30H30FNO6S/c1-4-18-12-22-20(13-23-28(22)29(23)30(33)34)14-26(18)38-16-21-11-19(6-7-25(21)31)24-15-32-27(10-17(24)2)37-8-5-9-39(3,35)36/h6-7,10-12,14-15,23H,4-5,8-9,13,16H2,1-3H3,(H,33,34). The quantitative estimate of drug-likeness (QED) is 0.328. The second-order valence-corrected chi connectivity index (χ2v) is 12.4. The molecule has 9 heteroatoms. The molecular weight excluding hydrogens is 521 g/mol. The number of aryl methyl sites for hydroxylation is 2. The Morgan fingerprint density at radius 2 is 1.92 bits per heavy atom. The molecule has 0 fully saturated rings. The Bertz CT molecular complexity index is 1610. The molecule has 1 unspecified atom stereocenters. The van der Waals surface area contributed by atoms with Gasteiger partial charge in [0.15, 0.2) is 0 Å². The number of allylic oxidation sites excluding steroid dienone is 1. The van der Waals surface area contributed by atoms with Crippen molar-refractivity contribution in [1.82, 2.24) is 4.98 Å². The number of fused-ring (bicyclic) bond motifs is 3. The molecule has 1 atom stereocenters. The number of benzene rings is 2. The lowest BCUT2D eigenvalue weighted by atomic mass is 10.00. The topological polar surface area (TPSA) is 103 Å². The number of aliphatic carboxylic acids is 1. The average molecular weight is 552 g/mol. The zero-order valence-electron chi connectivity index (χ0n) is 22.1. The first-order valence-corrected chi connectivity index (χ1v) is 14.9. The summed E-state index contributed by atoms with van der Waals surface area (Å²) in [6.07, 6.45) is 4.62. The van der Waals surface area contributed by atoms with E-state index in [0.717, 1.165) is 39.0 Å². The van der Waals surface area contributed by atoms with Crippen molar-refractivity contribution in [2.24, 2.45) is 5.92 Å². The van der Waals surface area contributed by atoms with Crippen LogP contribution in [0, 0.1) is 18.7 Å². The number of sulfone groups is 1. The minimum atomic E-state index is -3.03. The molecule has 3 aromatic rings. The number of halogens is 1. The van der Waals surface area contributed by atoms with E-state index in [2.05, 4.69) is 4.98 Å². The Kier molecular flexibility index (Phi) is 7.20. The van der Waals surface area contributed by atoms with E-state index in [1.165, 1.54) is 12.3 Å². The summed E-state index contributed by atoms with van der Waals surface area (Å²) in [4.78, 5) is 15.7. The van der Waals surface area contributed by atoms with E-state index in [1.54, 1.807) is 24.4 Å². The molecule has 0 saturated heterocycles. The van der Waals surface area contributed by atoms with Crippen molar-refractivity contribution in [2.75, 3.05) is 18.6 Å². The summed E-state index contributed by atoms with van der Waals surface area (Å²) < 4.78 is 49.0. The van der Waals surface area contributed by atoms with Crippen molar-refractivity contribution in [3.05, 3.63) is 81.8 Å². The van der Waals surface area contributed by atoms with Crippen LogP contribution >= 0.6 is 0 Å². The van der Waals surface area contributed by atoms with Gasteiger partial charge in [0.25, 0.3) is 0 Å². The number of carboxylic acids is 1. The molecule has 7 nitrogen and oxygen atoms in total. The van der Waals surface area contributed by atoms with Crippen molar-refractivity contribution in [1.29, 1.82) is 0 Å². The van der Waals surface area contributed by atoms with E-state index in [0.29, 0.717) is 42.0 Å². The first kappa shape index (κ1) is 26.9. The lowest BCUT2D eigenvalue weighted by Gasteiger charge is -2.15. The van der Waals surface area contributed by atoms with Crippen LogP contribution in [0.1, 0.15) is 41.2 Å². The third-order valence-electron chi connectivity index (χ3n) is 7.25. The predicted molar refractivity (Wildman–Crippen MR) is 146 cm³/mol. The van der Waals surface area contributed by atoms with Gasteiger partial charge in [0, 0.05) is 41.1 Å². The number of hydrogen-bond acceptors (Lipinski definition) is 6. The van der Waals surface area contributed by atoms with Gasteiger partial charge in [0.1, 0.15) is 28.0 Å². The molecule has 0 radical (unpaired) electrons. The van der Waals surface area contributed by atoms with Gasteiger partial charge in [-0.05, 0) is 83.8 Å². The van der Waals surface area contributed by atoms with Gasteiger partial charge >= 0.3 is 5.97 Å². The normalized spacial score (nSPS) is 15.6. The molecule has 1 heterocycles. The van der Waals surface area contributed by atoms with Crippen LogP contribution in [0.25, 0.3) is 16.7 Å². The molecule has 2 aliphatic rings. The first-order chi connectivity index (χ1) is 18.6. The zero-order chi connectivity index (χ0) is 27.9. The first-order valence-electron chi connectivity index (χ1n) is 12.9. The molecule has 0 aliphatic heterocycles. The van der Waals surface area contributed by atoms with Crippen molar-refractivity contribution in [2.45, 2.75) is 39.7 Å². The molecule has 2 aliphatic carbocycles. The highest BCUT2D eigenvalue weighted by Crippen LogP contribution is 2.56. The Balaban J connectivity index is 1.30. The lowest BCUT2D eigenvalue weighted by molar-refractivity contribution is -0.132. The summed E-state index contributed by atoms with van der Waals surface area (Å²) in [6, 6.07) is 10.6. The number of carbonyl (C=O) groups is 1. The van der Waals surface area contributed by atoms with E-state index >= 15 is 0 Å². The molecule has 0 spiro atoms. The van der Waals surface area contributed by atoms with Crippen LogP contribution in [0.15, 0.2) is 48.2 Å². The highest BCUT2D eigenvalue weighted by atomic mass is 32.2. The Hall–Kier alpha value is -3.72. The maximum Gasteiger partial charge on any atom is 0.332 e. The highest BCUT2D eigenvalue weighted by molar-refractivity contribution is 7.90. The van der Waals surface area contributed by atoms with E-state index in [-0.39, 0.29) is 30.7 Å². The fourth-order valence-corrected chi connectivity index (χ4v) is 5.85. The van der Waals surface area contributed by atoms with E-state index in [1.807, 2.05) is 26.0 Å². The molecule has 2 aromatic carbocycles. The number of pyridine rings is 1. The number of carboxylic acid groups (broad SMARTS) is 1. The fourth-order valence-electron chi connectivity index (χ4n) is 5.20. The molecular formula is C30H30FNO6S. The summed E-state index contributed by atoms with van der Waals surface area (Å²) in [5.41, 5.74) is 7.41. The Morgan fingerprint density at radius 3 is 2.62 bits per heavy atom. The van der Waals surface area contributed by atoms with Crippen LogP contribution in [0.4, 0.5) is 4.39 Å². The summed E-state index contributed by atoms with van der Waals surface area (Å²) in [5, 5.41) is 9.36. The van der Waals surface area contributed by atoms with Gasteiger partial charge in [-0.1, -0.05) is 13.0 Å². The van der Waals surface area contributed by atoms with Crippen molar-refractivity contribution >= 4 is 21.4 Å².